The first-order valence-corrected chi connectivity index (χ1v) is 11.1. The summed E-state index contributed by atoms with van der Waals surface area (Å²) in [5, 5.41) is -0.877. The number of ether oxygens (including phenoxy) is 2. The van der Waals surface area contributed by atoms with Crippen LogP contribution in [0.5, 0.6) is 11.5 Å². The molecule has 0 saturated carbocycles. The van der Waals surface area contributed by atoms with Crippen LogP contribution in [0.15, 0.2) is 66.7 Å². The number of amides is 2. The molecule has 1 aliphatic heterocycles. The van der Waals surface area contributed by atoms with Gasteiger partial charge in [-0.2, -0.15) is 0 Å². The zero-order valence-electron chi connectivity index (χ0n) is 17.8. The Labute approximate surface area is 194 Å². The molecule has 3 aromatic carbocycles. The Hall–Kier alpha value is -3.39. The van der Waals surface area contributed by atoms with Crippen LogP contribution >= 0.6 is 11.8 Å². The van der Waals surface area contributed by atoms with E-state index in [1.54, 1.807) is 36.4 Å². The van der Waals surface area contributed by atoms with Crippen molar-refractivity contribution in [3.63, 3.8) is 0 Å². The van der Waals surface area contributed by atoms with Crippen LogP contribution in [0.3, 0.4) is 0 Å². The summed E-state index contributed by atoms with van der Waals surface area (Å²) >= 11 is 0.981. The molecule has 33 heavy (non-hydrogen) atoms. The van der Waals surface area contributed by atoms with E-state index in [1.807, 2.05) is 6.07 Å². The minimum absolute atomic E-state index is 0.109. The van der Waals surface area contributed by atoms with Gasteiger partial charge in [0.1, 0.15) is 18.2 Å². The van der Waals surface area contributed by atoms with Gasteiger partial charge in [0, 0.05) is 0 Å². The molecule has 1 heterocycles. The second-order valence-corrected chi connectivity index (χ2v) is 8.69. The third-order valence-corrected chi connectivity index (χ3v) is 6.27. The molecule has 0 unspecified atom stereocenters. The Morgan fingerprint density at radius 2 is 1.64 bits per heavy atom. The maximum Gasteiger partial charge on any atom is 0.289 e. The van der Waals surface area contributed by atoms with Gasteiger partial charge in [0.25, 0.3) is 5.24 Å². The number of benzene rings is 3. The summed E-state index contributed by atoms with van der Waals surface area (Å²) in [6, 6.07) is 17.2. The lowest BCUT2D eigenvalue weighted by Gasteiger charge is -2.15. The Morgan fingerprint density at radius 3 is 2.36 bits per heavy atom. The van der Waals surface area contributed by atoms with Crippen molar-refractivity contribution in [2.75, 3.05) is 7.11 Å². The summed E-state index contributed by atoms with van der Waals surface area (Å²) in [6.07, 6.45) is 0.343. The fraction of sp³-hybridized carbons (Fsp3) is 0.200. The molecule has 1 fully saturated rings. The minimum atomic E-state index is -0.554. The molecule has 1 aliphatic rings. The normalized spacial score (nSPS) is 15.7. The standard InChI is InChI=1S/C25H21F2NO4S/c1-31-22-12-17(7-10-21(22)32-15-18-3-2-4-20(27)11-18)13-23-24(29)28(25(30)33-23)14-16-5-8-19(26)9-6-16/h2-12,23H,13-15H2,1H3/t23-/m1/s1. The van der Waals surface area contributed by atoms with Crippen LogP contribution in [0.25, 0.3) is 0 Å². The summed E-state index contributed by atoms with van der Waals surface area (Å²) in [7, 11) is 1.51. The lowest BCUT2D eigenvalue weighted by molar-refractivity contribution is -0.127. The van der Waals surface area contributed by atoms with E-state index in [9.17, 15) is 18.4 Å². The van der Waals surface area contributed by atoms with Crippen molar-refractivity contribution < 1.29 is 27.8 Å². The van der Waals surface area contributed by atoms with Gasteiger partial charge in [-0.15, -0.1) is 0 Å². The fourth-order valence-electron chi connectivity index (χ4n) is 3.50. The van der Waals surface area contributed by atoms with E-state index in [0.717, 1.165) is 17.3 Å². The van der Waals surface area contributed by atoms with E-state index in [0.29, 0.717) is 29.0 Å². The van der Waals surface area contributed by atoms with Gasteiger partial charge in [0.2, 0.25) is 5.91 Å². The number of imide groups is 1. The molecule has 0 aromatic heterocycles. The third-order valence-electron chi connectivity index (χ3n) is 5.19. The van der Waals surface area contributed by atoms with Gasteiger partial charge in [0.15, 0.2) is 11.5 Å². The minimum Gasteiger partial charge on any atom is -0.493 e. The molecule has 0 radical (unpaired) electrons. The van der Waals surface area contributed by atoms with Gasteiger partial charge < -0.3 is 9.47 Å². The number of halogens is 2. The zero-order chi connectivity index (χ0) is 23.4. The number of carbonyl (C=O) groups excluding carboxylic acids is 2. The van der Waals surface area contributed by atoms with Crippen LogP contribution in [0.4, 0.5) is 13.6 Å². The highest BCUT2D eigenvalue weighted by molar-refractivity contribution is 8.15. The predicted molar refractivity (Wildman–Crippen MR) is 121 cm³/mol. The van der Waals surface area contributed by atoms with E-state index < -0.39 is 5.25 Å². The summed E-state index contributed by atoms with van der Waals surface area (Å²) in [5.74, 6) is -0.0129. The maximum atomic E-state index is 13.4. The topological polar surface area (TPSA) is 55.8 Å². The van der Waals surface area contributed by atoms with Gasteiger partial charge in [-0.3, -0.25) is 14.5 Å². The fourth-order valence-corrected chi connectivity index (χ4v) is 4.53. The second kappa shape index (κ2) is 10.0. The average Bonchev–Trinajstić information content (AvgIpc) is 3.06. The van der Waals surface area contributed by atoms with Crippen LogP contribution < -0.4 is 9.47 Å². The molecular formula is C25H21F2NO4S. The van der Waals surface area contributed by atoms with E-state index in [2.05, 4.69) is 0 Å². The number of carbonyl (C=O) groups is 2. The van der Waals surface area contributed by atoms with Gasteiger partial charge in [0.05, 0.1) is 18.9 Å². The number of nitrogens with zero attached hydrogens (tertiary/aromatic N) is 1. The third kappa shape index (κ3) is 5.51. The highest BCUT2D eigenvalue weighted by Gasteiger charge is 2.39. The maximum absolute atomic E-state index is 13.4. The van der Waals surface area contributed by atoms with Crippen molar-refractivity contribution in [1.82, 2.24) is 4.90 Å². The number of thioether (sulfide) groups is 1. The molecular weight excluding hydrogens is 448 g/mol. The molecule has 1 saturated heterocycles. The van der Waals surface area contributed by atoms with E-state index in [-0.39, 0.29) is 35.9 Å². The van der Waals surface area contributed by atoms with Crippen LogP contribution in [0, 0.1) is 11.6 Å². The number of hydrogen-bond acceptors (Lipinski definition) is 5. The Bertz CT molecular complexity index is 1170. The first-order valence-electron chi connectivity index (χ1n) is 10.2. The molecule has 8 heteroatoms. The first-order chi connectivity index (χ1) is 15.9. The summed E-state index contributed by atoms with van der Waals surface area (Å²) in [5.41, 5.74) is 2.18. The molecule has 4 rings (SSSR count). The van der Waals surface area contributed by atoms with Gasteiger partial charge in [-0.25, -0.2) is 8.78 Å². The SMILES string of the molecule is COc1cc(C[C@H]2SC(=O)N(Cc3ccc(F)cc3)C2=O)ccc1OCc1cccc(F)c1. The summed E-state index contributed by atoms with van der Waals surface area (Å²) in [4.78, 5) is 26.4. The molecule has 170 valence electrons. The largest absolute Gasteiger partial charge is 0.493 e. The number of rotatable bonds is 8. The zero-order valence-corrected chi connectivity index (χ0v) is 18.6. The molecule has 0 aliphatic carbocycles. The first kappa shape index (κ1) is 22.8. The molecule has 0 spiro atoms. The van der Waals surface area contributed by atoms with Crippen LogP contribution in [0.2, 0.25) is 0 Å². The Balaban J connectivity index is 1.41. The molecule has 0 bridgehead atoms. The lowest BCUT2D eigenvalue weighted by Crippen LogP contribution is -2.31. The van der Waals surface area contributed by atoms with Gasteiger partial charge >= 0.3 is 0 Å². The smallest absolute Gasteiger partial charge is 0.289 e. The van der Waals surface area contributed by atoms with Crippen molar-refractivity contribution >= 4 is 22.9 Å². The highest BCUT2D eigenvalue weighted by Crippen LogP contribution is 2.34. The number of methoxy groups -OCH3 is 1. The highest BCUT2D eigenvalue weighted by atomic mass is 32.2. The Kier molecular flexibility index (Phi) is 6.93. The van der Waals surface area contributed by atoms with Gasteiger partial charge in [-0.1, -0.05) is 42.1 Å². The van der Waals surface area contributed by atoms with Crippen molar-refractivity contribution in [1.29, 1.82) is 0 Å². The molecule has 1 atom stereocenters. The monoisotopic (exact) mass is 469 g/mol. The van der Waals surface area contributed by atoms with Crippen LogP contribution in [0.1, 0.15) is 16.7 Å². The van der Waals surface area contributed by atoms with Crippen molar-refractivity contribution in [2.45, 2.75) is 24.8 Å². The predicted octanol–water partition coefficient (Wildman–Crippen LogP) is 5.36. The summed E-state index contributed by atoms with van der Waals surface area (Å²) in [6.45, 7) is 0.287. The summed E-state index contributed by atoms with van der Waals surface area (Å²) < 4.78 is 37.7. The Morgan fingerprint density at radius 1 is 0.879 bits per heavy atom. The van der Waals surface area contributed by atoms with Gasteiger partial charge in [-0.05, 0) is 59.5 Å². The van der Waals surface area contributed by atoms with Crippen molar-refractivity contribution in [3.05, 3.63) is 95.1 Å². The van der Waals surface area contributed by atoms with E-state index >= 15 is 0 Å². The quantitative estimate of drug-likeness (QED) is 0.445. The van der Waals surface area contributed by atoms with Crippen molar-refractivity contribution in [3.8, 4) is 11.5 Å². The van der Waals surface area contributed by atoms with E-state index in [4.69, 9.17) is 9.47 Å². The molecule has 5 nitrogen and oxygen atoms in total. The van der Waals surface area contributed by atoms with Crippen LogP contribution in [-0.2, 0) is 24.4 Å². The van der Waals surface area contributed by atoms with E-state index in [1.165, 1.54) is 36.3 Å². The molecule has 3 aromatic rings. The number of hydrogen-bond donors (Lipinski definition) is 0. The van der Waals surface area contributed by atoms with Crippen molar-refractivity contribution in [2.24, 2.45) is 0 Å². The average molecular weight is 470 g/mol. The second-order valence-electron chi connectivity index (χ2n) is 7.53. The lowest BCUT2D eigenvalue weighted by atomic mass is 10.1. The van der Waals surface area contributed by atoms with Crippen LogP contribution in [-0.4, -0.2) is 28.4 Å². The molecule has 0 N–H and O–H groups in total. The molecule has 2 amide bonds.